The lowest BCUT2D eigenvalue weighted by Gasteiger charge is -2.09. The molecule has 1 heterocycles. The van der Waals surface area contributed by atoms with Crippen LogP contribution in [0.1, 0.15) is 46.8 Å². The second-order valence-electron chi connectivity index (χ2n) is 7.01. The molecule has 0 aliphatic rings. The maximum absolute atomic E-state index is 12.5. The summed E-state index contributed by atoms with van der Waals surface area (Å²) < 4.78 is 0. The second-order valence-corrected chi connectivity index (χ2v) is 7.01. The van der Waals surface area contributed by atoms with Gasteiger partial charge in [-0.1, -0.05) is 43.2 Å². The summed E-state index contributed by atoms with van der Waals surface area (Å²) in [6, 6.07) is 18.1. The molecule has 3 rings (SSSR count). The number of benzene rings is 2. The van der Waals surface area contributed by atoms with Crippen molar-refractivity contribution in [1.82, 2.24) is 4.98 Å². The SMILES string of the molecule is CCCCc1ccc(NC(=O)c2ccc(-c3cc(C)ccc3C)nc2)cc1. The van der Waals surface area contributed by atoms with E-state index in [0.717, 1.165) is 23.4 Å². The Morgan fingerprint density at radius 2 is 1.78 bits per heavy atom. The Kier molecular flexibility index (Phi) is 6.02. The first-order chi connectivity index (χ1) is 13.1. The van der Waals surface area contributed by atoms with Crippen LogP contribution in [0.2, 0.25) is 0 Å². The van der Waals surface area contributed by atoms with Crippen molar-refractivity contribution in [2.45, 2.75) is 40.0 Å². The Balaban J connectivity index is 1.69. The highest BCUT2D eigenvalue weighted by atomic mass is 16.1. The van der Waals surface area contributed by atoms with Crippen molar-refractivity contribution in [2.24, 2.45) is 0 Å². The molecule has 0 bridgehead atoms. The van der Waals surface area contributed by atoms with Crippen LogP contribution in [0.3, 0.4) is 0 Å². The molecule has 2 aromatic carbocycles. The lowest BCUT2D eigenvalue weighted by Crippen LogP contribution is -2.12. The van der Waals surface area contributed by atoms with Crippen LogP contribution in [0.4, 0.5) is 5.69 Å². The molecule has 0 atom stereocenters. The third-order valence-corrected chi connectivity index (χ3v) is 4.73. The largest absolute Gasteiger partial charge is 0.322 e. The van der Waals surface area contributed by atoms with Crippen LogP contribution < -0.4 is 5.32 Å². The summed E-state index contributed by atoms with van der Waals surface area (Å²) in [5, 5.41) is 2.94. The summed E-state index contributed by atoms with van der Waals surface area (Å²) in [6.45, 7) is 6.33. The average molecular weight is 358 g/mol. The van der Waals surface area contributed by atoms with Gasteiger partial charge in [-0.2, -0.15) is 0 Å². The summed E-state index contributed by atoms with van der Waals surface area (Å²) in [5.41, 5.74) is 7.01. The molecule has 1 amide bonds. The van der Waals surface area contributed by atoms with Gasteiger partial charge in [0, 0.05) is 17.4 Å². The average Bonchev–Trinajstić information content (AvgIpc) is 2.69. The molecule has 0 aliphatic carbocycles. The molecule has 1 aromatic heterocycles. The first kappa shape index (κ1) is 18.8. The summed E-state index contributed by atoms with van der Waals surface area (Å²) in [6.07, 6.45) is 5.09. The predicted octanol–water partition coefficient (Wildman–Crippen LogP) is 5.96. The van der Waals surface area contributed by atoms with Gasteiger partial charge in [0.15, 0.2) is 0 Å². The fourth-order valence-electron chi connectivity index (χ4n) is 3.04. The highest BCUT2D eigenvalue weighted by molar-refractivity contribution is 6.04. The minimum absolute atomic E-state index is 0.142. The summed E-state index contributed by atoms with van der Waals surface area (Å²) in [4.78, 5) is 17.0. The zero-order valence-corrected chi connectivity index (χ0v) is 16.3. The zero-order chi connectivity index (χ0) is 19.2. The third-order valence-electron chi connectivity index (χ3n) is 4.73. The third kappa shape index (κ3) is 4.82. The lowest BCUT2D eigenvalue weighted by molar-refractivity contribution is 0.102. The van der Waals surface area contributed by atoms with Gasteiger partial charge >= 0.3 is 0 Å². The first-order valence-corrected chi connectivity index (χ1v) is 9.51. The molecule has 0 aliphatic heterocycles. The Morgan fingerprint density at radius 3 is 2.44 bits per heavy atom. The molecule has 138 valence electrons. The van der Waals surface area contributed by atoms with E-state index in [4.69, 9.17) is 0 Å². The molecular formula is C24H26N2O. The standard InChI is InChI=1S/C24H26N2O/c1-4-5-6-19-9-12-21(13-10-19)26-24(27)20-11-14-23(25-16-20)22-15-17(2)7-8-18(22)3/h7-16H,4-6H2,1-3H3,(H,26,27). The van der Waals surface area contributed by atoms with Crippen molar-refractivity contribution >= 4 is 11.6 Å². The Bertz CT molecular complexity index is 912. The monoisotopic (exact) mass is 358 g/mol. The van der Waals surface area contributed by atoms with Gasteiger partial charge in [-0.05, 0) is 68.1 Å². The number of carbonyl (C=O) groups is 1. The number of hydrogen-bond acceptors (Lipinski definition) is 2. The van der Waals surface area contributed by atoms with Gasteiger partial charge in [0.1, 0.15) is 0 Å². The highest BCUT2D eigenvalue weighted by Crippen LogP contribution is 2.23. The number of anilines is 1. The van der Waals surface area contributed by atoms with Gasteiger partial charge in [0.2, 0.25) is 0 Å². The minimum Gasteiger partial charge on any atom is -0.322 e. The number of unbranched alkanes of at least 4 members (excludes halogenated alkanes) is 1. The number of aromatic nitrogens is 1. The van der Waals surface area contributed by atoms with Gasteiger partial charge in [0.25, 0.3) is 5.91 Å². The number of aryl methyl sites for hydroxylation is 3. The molecule has 0 fully saturated rings. The highest BCUT2D eigenvalue weighted by Gasteiger charge is 2.09. The number of carbonyl (C=O) groups excluding carboxylic acids is 1. The normalized spacial score (nSPS) is 10.6. The maximum Gasteiger partial charge on any atom is 0.257 e. The minimum atomic E-state index is -0.142. The molecule has 3 heteroatoms. The number of nitrogens with zero attached hydrogens (tertiary/aromatic N) is 1. The van der Waals surface area contributed by atoms with Crippen molar-refractivity contribution in [3.8, 4) is 11.3 Å². The van der Waals surface area contributed by atoms with Crippen LogP contribution in [0.15, 0.2) is 60.8 Å². The number of hydrogen-bond donors (Lipinski definition) is 1. The zero-order valence-electron chi connectivity index (χ0n) is 16.3. The molecule has 0 radical (unpaired) electrons. The Morgan fingerprint density at radius 1 is 1.00 bits per heavy atom. The van der Waals surface area contributed by atoms with Crippen LogP contribution in [-0.2, 0) is 6.42 Å². The van der Waals surface area contributed by atoms with Gasteiger partial charge in [-0.3, -0.25) is 9.78 Å². The molecule has 0 saturated heterocycles. The van der Waals surface area contributed by atoms with Crippen molar-refractivity contribution in [3.05, 3.63) is 83.0 Å². The van der Waals surface area contributed by atoms with Crippen LogP contribution in [0.25, 0.3) is 11.3 Å². The molecule has 3 nitrogen and oxygen atoms in total. The quantitative estimate of drug-likeness (QED) is 0.590. The fraction of sp³-hybridized carbons (Fsp3) is 0.250. The van der Waals surface area contributed by atoms with E-state index < -0.39 is 0 Å². The van der Waals surface area contributed by atoms with Crippen molar-refractivity contribution in [1.29, 1.82) is 0 Å². The van der Waals surface area contributed by atoms with Crippen molar-refractivity contribution in [3.63, 3.8) is 0 Å². The van der Waals surface area contributed by atoms with E-state index in [1.54, 1.807) is 6.20 Å². The van der Waals surface area contributed by atoms with Crippen LogP contribution in [-0.4, -0.2) is 10.9 Å². The molecule has 0 unspecified atom stereocenters. The number of amides is 1. The summed E-state index contributed by atoms with van der Waals surface area (Å²) in [5.74, 6) is -0.142. The molecular weight excluding hydrogens is 332 g/mol. The molecule has 0 saturated carbocycles. The van der Waals surface area contributed by atoms with Gasteiger partial charge < -0.3 is 5.32 Å². The van der Waals surface area contributed by atoms with E-state index in [-0.39, 0.29) is 5.91 Å². The maximum atomic E-state index is 12.5. The topological polar surface area (TPSA) is 42.0 Å². The summed E-state index contributed by atoms with van der Waals surface area (Å²) in [7, 11) is 0. The number of rotatable bonds is 6. The van der Waals surface area contributed by atoms with E-state index >= 15 is 0 Å². The fourth-order valence-corrected chi connectivity index (χ4v) is 3.04. The van der Waals surface area contributed by atoms with Crippen LogP contribution in [0.5, 0.6) is 0 Å². The molecule has 1 N–H and O–H groups in total. The second kappa shape index (κ2) is 8.63. The van der Waals surface area contributed by atoms with Crippen LogP contribution in [0, 0.1) is 13.8 Å². The van der Waals surface area contributed by atoms with E-state index in [0.29, 0.717) is 5.56 Å². The summed E-state index contributed by atoms with van der Waals surface area (Å²) >= 11 is 0. The first-order valence-electron chi connectivity index (χ1n) is 9.51. The van der Waals surface area contributed by atoms with Gasteiger partial charge in [-0.15, -0.1) is 0 Å². The molecule has 0 spiro atoms. The van der Waals surface area contributed by atoms with Gasteiger partial charge in [0.05, 0.1) is 11.3 Å². The van der Waals surface area contributed by atoms with E-state index in [9.17, 15) is 4.79 Å². The lowest BCUT2D eigenvalue weighted by atomic mass is 10.0. The Hall–Kier alpha value is -2.94. The van der Waals surface area contributed by atoms with Crippen molar-refractivity contribution in [2.75, 3.05) is 5.32 Å². The van der Waals surface area contributed by atoms with Crippen LogP contribution >= 0.6 is 0 Å². The van der Waals surface area contributed by atoms with Gasteiger partial charge in [-0.25, -0.2) is 0 Å². The Labute approximate surface area is 161 Å². The van der Waals surface area contributed by atoms with E-state index in [2.05, 4.69) is 61.4 Å². The number of nitrogens with one attached hydrogen (secondary N) is 1. The van der Waals surface area contributed by atoms with E-state index in [1.165, 1.54) is 29.5 Å². The van der Waals surface area contributed by atoms with E-state index in [1.807, 2.05) is 24.3 Å². The predicted molar refractivity (Wildman–Crippen MR) is 112 cm³/mol. The smallest absolute Gasteiger partial charge is 0.257 e. The van der Waals surface area contributed by atoms with Crippen molar-refractivity contribution < 1.29 is 4.79 Å². The molecule has 3 aromatic rings. The molecule has 27 heavy (non-hydrogen) atoms. The number of pyridine rings is 1.